The van der Waals surface area contributed by atoms with Crippen LogP contribution in [0.5, 0.6) is 0 Å². The van der Waals surface area contributed by atoms with Crippen molar-refractivity contribution < 1.29 is 14.3 Å². The van der Waals surface area contributed by atoms with Crippen LogP contribution in [0.3, 0.4) is 0 Å². The summed E-state index contributed by atoms with van der Waals surface area (Å²) in [5.74, 6) is -0.0671. The number of likely N-dealkylation sites (N-methyl/N-ethyl adjacent to an activating group) is 2. The normalized spacial score (nSPS) is 16.7. The molecule has 0 radical (unpaired) electrons. The Kier molecular flexibility index (Phi) is 7.21. The molecule has 7 nitrogen and oxygen atoms in total. The molecule has 0 saturated carbocycles. The van der Waals surface area contributed by atoms with E-state index in [1.54, 1.807) is 11.9 Å². The van der Waals surface area contributed by atoms with Crippen LogP contribution in [0.25, 0.3) is 0 Å². The van der Waals surface area contributed by atoms with Crippen LogP contribution >= 0.6 is 0 Å². The minimum absolute atomic E-state index is 0.0671. The number of rotatable bonds is 7. The molecular formula is C18H28N4O3. The van der Waals surface area contributed by atoms with Crippen molar-refractivity contribution in [1.82, 2.24) is 15.1 Å². The summed E-state index contributed by atoms with van der Waals surface area (Å²) >= 11 is 0. The zero-order valence-corrected chi connectivity index (χ0v) is 15.2. The maximum Gasteiger partial charge on any atom is 0.317 e. The highest BCUT2D eigenvalue weighted by Gasteiger charge is 2.19. The van der Waals surface area contributed by atoms with Crippen molar-refractivity contribution in [3.05, 3.63) is 29.8 Å². The molecule has 7 heteroatoms. The molecule has 25 heavy (non-hydrogen) atoms. The largest absolute Gasteiger partial charge is 0.376 e. The predicted octanol–water partition coefficient (Wildman–Crippen LogP) is 1.51. The predicted molar refractivity (Wildman–Crippen MR) is 97.5 cm³/mol. The van der Waals surface area contributed by atoms with Gasteiger partial charge < -0.3 is 25.2 Å². The van der Waals surface area contributed by atoms with Crippen LogP contribution in [-0.4, -0.2) is 68.7 Å². The highest BCUT2D eigenvalue weighted by molar-refractivity contribution is 5.92. The average Bonchev–Trinajstić information content (AvgIpc) is 3.05. The minimum atomic E-state index is -0.127. The molecule has 1 aromatic carbocycles. The first-order valence-electron chi connectivity index (χ1n) is 8.58. The van der Waals surface area contributed by atoms with Gasteiger partial charge in [0.05, 0.1) is 12.6 Å². The smallest absolute Gasteiger partial charge is 0.317 e. The van der Waals surface area contributed by atoms with E-state index in [2.05, 4.69) is 10.6 Å². The first kappa shape index (κ1) is 19.2. The van der Waals surface area contributed by atoms with Crippen LogP contribution in [-0.2, 0) is 16.1 Å². The van der Waals surface area contributed by atoms with Crippen molar-refractivity contribution in [2.45, 2.75) is 25.5 Å². The lowest BCUT2D eigenvalue weighted by atomic mass is 10.2. The Morgan fingerprint density at radius 2 is 2.08 bits per heavy atom. The van der Waals surface area contributed by atoms with E-state index in [4.69, 9.17) is 4.74 Å². The van der Waals surface area contributed by atoms with Gasteiger partial charge in [0.2, 0.25) is 5.91 Å². The van der Waals surface area contributed by atoms with Crippen molar-refractivity contribution in [2.75, 3.05) is 46.2 Å². The lowest BCUT2D eigenvalue weighted by Crippen LogP contribution is -2.40. The molecule has 1 fully saturated rings. The van der Waals surface area contributed by atoms with E-state index in [1.807, 2.05) is 43.3 Å². The van der Waals surface area contributed by atoms with Gasteiger partial charge in [-0.05, 0) is 44.6 Å². The summed E-state index contributed by atoms with van der Waals surface area (Å²) in [6.45, 7) is 2.13. The van der Waals surface area contributed by atoms with Crippen molar-refractivity contribution in [3.8, 4) is 0 Å². The number of hydrogen-bond donors (Lipinski definition) is 2. The first-order chi connectivity index (χ1) is 11.9. The van der Waals surface area contributed by atoms with Crippen LogP contribution in [0, 0.1) is 0 Å². The van der Waals surface area contributed by atoms with Gasteiger partial charge >= 0.3 is 6.03 Å². The molecule has 0 spiro atoms. The molecule has 1 saturated heterocycles. The van der Waals surface area contributed by atoms with E-state index >= 15 is 0 Å². The molecule has 1 aliphatic rings. The second-order valence-corrected chi connectivity index (χ2v) is 6.66. The number of urea groups is 1. The van der Waals surface area contributed by atoms with Crippen molar-refractivity contribution >= 4 is 17.6 Å². The van der Waals surface area contributed by atoms with E-state index < -0.39 is 0 Å². The maximum absolute atomic E-state index is 12.2. The second-order valence-electron chi connectivity index (χ2n) is 6.66. The Bertz CT molecular complexity index is 585. The molecule has 2 N–H and O–H groups in total. The summed E-state index contributed by atoms with van der Waals surface area (Å²) in [5, 5.41) is 5.75. The molecule has 1 atom stereocenters. The molecule has 0 bridgehead atoms. The number of benzene rings is 1. The molecule has 1 heterocycles. The second kappa shape index (κ2) is 9.39. The monoisotopic (exact) mass is 348 g/mol. The lowest BCUT2D eigenvalue weighted by Gasteiger charge is -2.21. The van der Waals surface area contributed by atoms with Gasteiger partial charge in [-0.3, -0.25) is 4.79 Å². The summed E-state index contributed by atoms with van der Waals surface area (Å²) in [5.41, 5.74) is 1.66. The minimum Gasteiger partial charge on any atom is -0.376 e. The number of hydrogen-bond acceptors (Lipinski definition) is 4. The molecule has 3 amide bonds. The quantitative estimate of drug-likeness (QED) is 0.783. The number of anilines is 1. The number of carbonyl (C=O) groups is 2. The van der Waals surface area contributed by atoms with Gasteiger partial charge in [0.1, 0.15) is 0 Å². The van der Waals surface area contributed by atoms with Gasteiger partial charge in [-0.1, -0.05) is 12.1 Å². The number of amides is 3. The highest BCUT2D eigenvalue weighted by Crippen LogP contribution is 2.13. The topological polar surface area (TPSA) is 73.9 Å². The zero-order valence-electron chi connectivity index (χ0n) is 15.2. The van der Waals surface area contributed by atoms with Crippen molar-refractivity contribution in [2.24, 2.45) is 0 Å². The van der Waals surface area contributed by atoms with Crippen LogP contribution in [0.4, 0.5) is 10.5 Å². The van der Waals surface area contributed by atoms with Crippen molar-refractivity contribution in [1.29, 1.82) is 0 Å². The third-order valence-electron chi connectivity index (χ3n) is 3.96. The lowest BCUT2D eigenvalue weighted by molar-refractivity contribution is -0.116. The van der Waals surface area contributed by atoms with Gasteiger partial charge in [-0.25, -0.2) is 4.79 Å². The molecule has 1 aliphatic heterocycles. The Morgan fingerprint density at radius 3 is 2.76 bits per heavy atom. The van der Waals surface area contributed by atoms with Gasteiger partial charge in [0, 0.05) is 32.4 Å². The molecule has 0 aliphatic carbocycles. The van der Waals surface area contributed by atoms with Gasteiger partial charge in [0.25, 0.3) is 0 Å². The van der Waals surface area contributed by atoms with E-state index in [1.165, 1.54) is 0 Å². The maximum atomic E-state index is 12.2. The Labute approximate surface area is 149 Å². The molecule has 1 aromatic rings. The Morgan fingerprint density at radius 1 is 1.28 bits per heavy atom. The fourth-order valence-corrected chi connectivity index (χ4v) is 2.74. The number of ether oxygens (including phenoxy) is 1. The van der Waals surface area contributed by atoms with E-state index in [0.29, 0.717) is 19.6 Å². The van der Waals surface area contributed by atoms with Gasteiger partial charge in [-0.15, -0.1) is 0 Å². The van der Waals surface area contributed by atoms with E-state index in [0.717, 1.165) is 30.7 Å². The molecular weight excluding hydrogens is 320 g/mol. The van der Waals surface area contributed by atoms with Crippen LogP contribution in [0.2, 0.25) is 0 Å². The van der Waals surface area contributed by atoms with Crippen LogP contribution < -0.4 is 10.6 Å². The number of nitrogens with one attached hydrogen (secondary N) is 2. The van der Waals surface area contributed by atoms with Gasteiger partial charge in [0.15, 0.2) is 0 Å². The number of carbonyl (C=O) groups excluding carboxylic acids is 2. The summed E-state index contributed by atoms with van der Waals surface area (Å²) in [7, 11) is 5.46. The van der Waals surface area contributed by atoms with Crippen molar-refractivity contribution in [3.63, 3.8) is 0 Å². The Balaban J connectivity index is 1.80. The number of nitrogens with zero attached hydrogens (tertiary/aromatic N) is 2. The highest BCUT2D eigenvalue weighted by atomic mass is 16.5. The fraction of sp³-hybridized carbons (Fsp3) is 0.556. The molecule has 2 rings (SSSR count). The van der Waals surface area contributed by atoms with E-state index in [9.17, 15) is 9.59 Å². The third kappa shape index (κ3) is 6.72. The van der Waals surface area contributed by atoms with E-state index in [-0.39, 0.29) is 18.0 Å². The SMILES string of the molecule is CN(C)CC(=O)Nc1cccc(CNC(=O)N(C)CC2CCCO2)c1. The van der Waals surface area contributed by atoms with Gasteiger partial charge in [-0.2, -0.15) is 0 Å². The summed E-state index contributed by atoms with van der Waals surface area (Å²) in [6.07, 6.45) is 2.21. The average molecular weight is 348 g/mol. The zero-order chi connectivity index (χ0) is 18.2. The molecule has 0 aromatic heterocycles. The van der Waals surface area contributed by atoms with Crippen LogP contribution in [0.15, 0.2) is 24.3 Å². The van der Waals surface area contributed by atoms with Crippen LogP contribution in [0.1, 0.15) is 18.4 Å². The Hall–Kier alpha value is -2.12. The molecule has 138 valence electrons. The summed E-state index contributed by atoms with van der Waals surface area (Å²) in [6, 6.07) is 7.36. The third-order valence-corrected chi connectivity index (χ3v) is 3.96. The summed E-state index contributed by atoms with van der Waals surface area (Å²) in [4.78, 5) is 27.4. The fourth-order valence-electron chi connectivity index (χ4n) is 2.74. The first-order valence-corrected chi connectivity index (χ1v) is 8.58. The molecule has 1 unspecified atom stereocenters. The summed E-state index contributed by atoms with van der Waals surface area (Å²) < 4.78 is 5.55. The standard InChI is InChI=1S/C18H28N4O3/c1-21(2)13-17(23)20-15-7-4-6-14(10-15)11-19-18(24)22(3)12-16-8-5-9-25-16/h4,6-7,10,16H,5,8-9,11-13H2,1-3H3,(H,19,24)(H,20,23).